The smallest absolute Gasteiger partial charge is 0.213 e. The minimum absolute atomic E-state index is 0.440. The van der Waals surface area contributed by atoms with Crippen molar-refractivity contribution in [2.24, 2.45) is 9.98 Å². The molecule has 0 saturated heterocycles. The van der Waals surface area contributed by atoms with Gasteiger partial charge in [-0.3, -0.25) is 9.98 Å². The zero-order valence-electron chi connectivity index (χ0n) is 24.2. The van der Waals surface area contributed by atoms with Gasteiger partial charge in [-0.05, 0) is 61.4 Å². The van der Waals surface area contributed by atoms with Gasteiger partial charge in [0.1, 0.15) is 22.1 Å². The Kier molecular flexibility index (Phi) is 8.45. The van der Waals surface area contributed by atoms with Crippen LogP contribution in [0.2, 0.25) is 10.0 Å². The normalized spacial score (nSPS) is 12.6. The fraction of sp³-hybridized carbons (Fsp3) is 0.250. The van der Waals surface area contributed by atoms with Crippen LogP contribution < -0.4 is 20.2 Å². The Morgan fingerprint density at radius 3 is 1.45 bits per heavy atom. The lowest BCUT2D eigenvalue weighted by Gasteiger charge is -2.11. The molecule has 0 amide bonds. The van der Waals surface area contributed by atoms with E-state index in [1.165, 1.54) is 0 Å². The van der Waals surface area contributed by atoms with Crippen LogP contribution in [-0.2, 0) is 0 Å². The molecule has 6 aromatic rings. The molecule has 44 heavy (non-hydrogen) atoms. The van der Waals surface area contributed by atoms with E-state index in [1.807, 2.05) is 12.1 Å². The van der Waals surface area contributed by atoms with Crippen molar-refractivity contribution in [3.05, 3.63) is 81.4 Å². The van der Waals surface area contributed by atoms with Crippen molar-refractivity contribution >= 4 is 67.1 Å². The largest absolute Gasteiger partial charge is 0.481 e. The van der Waals surface area contributed by atoms with Gasteiger partial charge in [0.25, 0.3) is 0 Å². The third-order valence-corrected chi connectivity index (χ3v) is 7.98. The molecule has 6 rings (SSSR count). The number of pyridine rings is 4. The van der Waals surface area contributed by atoms with Crippen molar-refractivity contribution in [3.8, 4) is 11.8 Å². The molecule has 12 heteroatoms. The molecule has 0 atom stereocenters. The molecule has 0 aliphatic carbocycles. The third-order valence-electron chi connectivity index (χ3n) is 7.51. The van der Waals surface area contributed by atoms with Crippen LogP contribution in [0.5, 0.6) is 11.8 Å². The van der Waals surface area contributed by atoms with E-state index in [4.69, 9.17) is 42.7 Å². The van der Waals surface area contributed by atoms with Crippen LogP contribution in [0.4, 0.5) is 0 Å². The van der Waals surface area contributed by atoms with E-state index in [9.17, 15) is 10.4 Å². The van der Waals surface area contributed by atoms with Crippen LogP contribution in [0.25, 0.3) is 43.9 Å². The summed E-state index contributed by atoms with van der Waals surface area (Å²) in [6.07, 6.45) is 3.65. The maximum atomic E-state index is 10.9. The van der Waals surface area contributed by atoms with Crippen LogP contribution in [-0.4, -0.2) is 57.2 Å². The summed E-state index contributed by atoms with van der Waals surface area (Å²) in [5, 5.41) is 25.6. The number of hydrogen-bond donors (Lipinski definition) is 2. The lowest BCUT2D eigenvalue weighted by atomic mass is 10.1. The SMILES string of the molecule is COc1ccc2c(n1)c(=NCCCCCCN=c1c3ccc(Cl)cc3n(O)c3ccc(OC)nc13)c1ccc(Cl)cc1n2O. The minimum Gasteiger partial charge on any atom is -0.481 e. The molecular formula is C32H30Cl2N6O4. The lowest BCUT2D eigenvalue weighted by molar-refractivity contribution is 0.211. The number of nitrogens with zero attached hydrogens (tertiary/aromatic N) is 6. The molecule has 2 N–H and O–H groups in total. The van der Waals surface area contributed by atoms with Crippen molar-refractivity contribution < 1.29 is 19.9 Å². The minimum atomic E-state index is 0.440. The van der Waals surface area contributed by atoms with E-state index in [0.29, 0.717) is 78.7 Å². The highest BCUT2D eigenvalue weighted by atomic mass is 35.5. The first-order chi connectivity index (χ1) is 21.4. The topological polar surface area (TPSA) is 119 Å². The average Bonchev–Trinajstić information content (AvgIpc) is 3.04. The van der Waals surface area contributed by atoms with Gasteiger partial charge in [0, 0.05) is 46.0 Å². The highest BCUT2D eigenvalue weighted by molar-refractivity contribution is 6.31. The van der Waals surface area contributed by atoms with Crippen molar-refractivity contribution in [1.82, 2.24) is 19.4 Å². The molecule has 10 nitrogen and oxygen atoms in total. The molecule has 0 unspecified atom stereocenters. The van der Waals surface area contributed by atoms with Crippen molar-refractivity contribution in [2.45, 2.75) is 25.7 Å². The van der Waals surface area contributed by atoms with Gasteiger partial charge in [-0.25, -0.2) is 9.97 Å². The summed E-state index contributed by atoms with van der Waals surface area (Å²) in [5.74, 6) is 0.881. The van der Waals surface area contributed by atoms with Gasteiger partial charge in [-0.1, -0.05) is 36.0 Å². The molecule has 4 aromatic heterocycles. The molecule has 4 heterocycles. The van der Waals surface area contributed by atoms with Crippen LogP contribution in [0.15, 0.2) is 70.6 Å². The highest BCUT2D eigenvalue weighted by Crippen LogP contribution is 2.24. The first-order valence-corrected chi connectivity index (χ1v) is 14.9. The average molecular weight is 634 g/mol. The summed E-state index contributed by atoms with van der Waals surface area (Å²) < 4.78 is 12.8. The zero-order valence-corrected chi connectivity index (χ0v) is 25.7. The summed E-state index contributed by atoms with van der Waals surface area (Å²) in [4.78, 5) is 19.0. The zero-order chi connectivity index (χ0) is 30.8. The number of methoxy groups -OCH3 is 2. The van der Waals surface area contributed by atoms with Gasteiger partial charge >= 0.3 is 0 Å². The van der Waals surface area contributed by atoms with Gasteiger partial charge < -0.3 is 19.9 Å². The number of hydrogen-bond acceptors (Lipinski definition) is 8. The quantitative estimate of drug-likeness (QED) is 0.106. The Morgan fingerprint density at radius 1 is 0.614 bits per heavy atom. The number of aromatic nitrogens is 4. The predicted molar refractivity (Wildman–Crippen MR) is 171 cm³/mol. The maximum absolute atomic E-state index is 10.9. The van der Waals surface area contributed by atoms with Gasteiger partial charge in [-0.15, -0.1) is 0 Å². The molecule has 226 valence electrons. The van der Waals surface area contributed by atoms with E-state index in [-0.39, 0.29) is 0 Å². The summed E-state index contributed by atoms with van der Waals surface area (Å²) in [6, 6.07) is 17.6. The van der Waals surface area contributed by atoms with Gasteiger partial charge in [0.15, 0.2) is 0 Å². The number of rotatable bonds is 9. The van der Waals surface area contributed by atoms with E-state index >= 15 is 0 Å². The number of halogens is 2. The molecule has 0 aliphatic heterocycles. The van der Waals surface area contributed by atoms with E-state index < -0.39 is 0 Å². The van der Waals surface area contributed by atoms with Gasteiger partial charge in [-0.2, -0.15) is 9.46 Å². The maximum Gasteiger partial charge on any atom is 0.213 e. The molecule has 0 spiro atoms. The van der Waals surface area contributed by atoms with E-state index in [0.717, 1.165) is 45.9 Å². The Hall–Kier alpha value is -4.54. The fourth-order valence-corrected chi connectivity index (χ4v) is 5.67. The molecule has 0 fully saturated rings. The Labute approximate surface area is 262 Å². The molecular weight excluding hydrogens is 603 g/mol. The van der Waals surface area contributed by atoms with Crippen molar-refractivity contribution in [2.75, 3.05) is 27.3 Å². The monoisotopic (exact) mass is 632 g/mol. The Balaban J connectivity index is 1.21. The molecule has 0 saturated carbocycles. The summed E-state index contributed by atoms with van der Waals surface area (Å²) in [5.41, 5.74) is 3.25. The number of benzene rings is 2. The second-order valence-electron chi connectivity index (χ2n) is 10.3. The van der Waals surface area contributed by atoms with Gasteiger partial charge in [0.2, 0.25) is 11.8 Å². The van der Waals surface area contributed by atoms with Gasteiger partial charge in [0.05, 0.1) is 36.0 Å². The van der Waals surface area contributed by atoms with Crippen LogP contribution in [0.3, 0.4) is 0 Å². The summed E-state index contributed by atoms with van der Waals surface area (Å²) >= 11 is 12.5. The van der Waals surface area contributed by atoms with Crippen LogP contribution in [0, 0.1) is 0 Å². The standard InChI is InChI=1S/C32H30Cl2N6O4/c1-43-27-13-11-23-31(37-27)29(21-9-7-19(33)17-25(21)39(23)41)35-15-5-3-4-6-16-36-30-22-10-8-20(34)18-26(22)40(42)24-12-14-28(44-2)38-32(24)30/h7-14,17-18,41-42H,3-6,15-16H2,1-2H3. The molecule has 0 bridgehead atoms. The summed E-state index contributed by atoms with van der Waals surface area (Å²) in [7, 11) is 3.11. The summed E-state index contributed by atoms with van der Waals surface area (Å²) in [6.45, 7) is 1.18. The first kappa shape index (κ1) is 29.5. The van der Waals surface area contributed by atoms with Crippen LogP contribution in [0.1, 0.15) is 25.7 Å². The lowest BCUT2D eigenvalue weighted by Crippen LogP contribution is -2.14. The molecule has 2 aromatic carbocycles. The van der Waals surface area contributed by atoms with Crippen LogP contribution >= 0.6 is 23.2 Å². The predicted octanol–water partition coefficient (Wildman–Crippen LogP) is 6.55. The number of unbranched alkanes of at least 4 members (excludes halogenated alkanes) is 3. The highest BCUT2D eigenvalue weighted by Gasteiger charge is 2.13. The molecule has 0 aliphatic rings. The Bertz CT molecular complexity index is 2020. The fourth-order valence-electron chi connectivity index (χ4n) is 5.34. The van der Waals surface area contributed by atoms with Crippen molar-refractivity contribution in [3.63, 3.8) is 0 Å². The van der Waals surface area contributed by atoms with Crippen molar-refractivity contribution in [1.29, 1.82) is 0 Å². The first-order valence-electron chi connectivity index (χ1n) is 14.2. The molecule has 0 radical (unpaired) electrons. The second-order valence-corrected chi connectivity index (χ2v) is 11.1. The van der Waals surface area contributed by atoms with E-state index in [2.05, 4.69) is 9.97 Å². The Morgan fingerprint density at radius 2 is 1.05 bits per heavy atom. The third kappa shape index (κ3) is 5.58. The van der Waals surface area contributed by atoms with E-state index in [1.54, 1.807) is 62.8 Å². The number of fused-ring (bicyclic) bond motifs is 4. The number of ether oxygens (including phenoxy) is 2. The second kappa shape index (κ2) is 12.6.